The Kier molecular flexibility index (Phi) is 12.5. The van der Waals surface area contributed by atoms with E-state index in [1.54, 1.807) is 13.0 Å². The van der Waals surface area contributed by atoms with Crippen LogP contribution in [0.2, 0.25) is 0 Å². The molecule has 5 atom stereocenters. The lowest BCUT2D eigenvalue weighted by atomic mass is 9.77. The second-order valence-electron chi connectivity index (χ2n) is 9.69. The second-order valence-corrected chi connectivity index (χ2v) is 11.7. The molecule has 2 N–H and O–H groups in total. The van der Waals surface area contributed by atoms with Crippen LogP contribution < -0.4 is 10.0 Å². The maximum Gasteiger partial charge on any atom is 0.376 e. The number of hydrogen-bond acceptors (Lipinski definition) is 6. The molecule has 0 fully saturated rings. The molecule has 2 unspecified atom stereocenters. The van der Waals surface area contributed by atoms with Gasteiger partial charge in [-0.3, -0.25) is 9.59 Å². The first-order valence-corrected chi connectivity index (χ1v) is 12.2. The van der Waals surface area contributed by atoms with Crippen molar-refractivity contribution in [1.29, 1.82) is 0 Å². The van der Waals surface area contributed by atoms with Gasteiger partial charge in [-0.2, -0.15) is 0 Å². The maximum absolute atomic E-state index is 13.5. The van der Waals surface area contributed by atoms with E-state index in [2.05, 4.69) is 27.4 Å². The number of ketones is 1. The highest BCUT2D eigenvalue weighted by molar-refractivity contribution is 7.90. The van der Waals surface area contributed by atoms with Gasteiger partial charge >= 0.3 is 5.97 Å². The molecule has 0 aromatic heterocycles. The highest BCUT2D eigenvalue weighted by Gasteiger charge is 2.44. The molecule has 0 spiro atoms. The van der Waals surface area contributed by atoms with Crippen LogP contribution in [0.15, 0.2) is 24.3 Å². The summed E-state index contributed by atoms with van der Waals surface area (Å²) in [6, 6.07) is -1.97. The molecule has 7 nitrogen and oxygen atoms in total. The normalized spacial score (nSPS) is 17.2. The van der Waals surface area contributed by atoms with Crippen LogP contribution in [0.5, 0.6) is 0 Å². The monoisotopic (exact) mass is 470 g/mol. The Morgan fingerprint density at radius 1 is 1.19 bits per heavy atom. The van der Waals surface area contributed by atoms with E-state index in [1.165, 1.54) is 0 Å². The molecule has 32 heavy (non-hydrogen) atoms. The topological polar surface area (TPSA) is 108 Å². The zero-order valence-electron chi connectivity index (χ0n) is 21.2. The first-order valence-electron chi connectivity index (χ1n) is 11.0. The number of esters is 1. The number of amides is 1. The summed E-state index contributed by atoms with van der Waals surface area (Å²) in [7, 11) is 1.13. The fourth-order valence-corrected chi connectivity index (χ4v) is 3.92. The number of allylic oxidation sites excluding steroid dienone is 2. The summed E-state index contributed by atoms with van der Waals surface area (Å²) in [4.78, 5) is 37.9. The Hall–Kier alpha value is -1.64. The van der Waals surface area contributed by atoms with E-state index in [-0.39, 0.29) is 5.92 Å². The van der Waals surface area contributed by atoms with E-state index in [4.69, 9.17) is 0 Å². The van der Waals surface area contributed by atoms with E-state index < -0.39 is 51.3 Å². The van der Waals surface area contributed by atoms with Gasteiger partial charge in [-0.15, -0.1) is 11.3 Å². The molecule has 8 heteroatoms. The third-order valence-corrected chi connectivity index (χ3v) is 7.15. The predicted octanol–water partition coefficient (Wildman–Crippen LogP) is 3.62. The van der Waals surface area contributed by atoms with Gasteiger partial charge in [0, 0.05) is 16.8 Å². The van der Waals surface area contributed by atoms with Crippen molar-refractivity contribution in [2.75, 3.05) is 7.11 Å². The van der Waals surface area contributed by atoms with E-state index in [0.717, 1.165) is 12.7 Å². The molecule has 0 radical (unpaired) electrons. The molecule has 0 aliphatic heterocycles. The molecule has 0 bridgehead atoms. The number of Topliss-reactive ketones (excluding diaryl/α,β-unsaturated/α-hetero) is 1. The number of hydrogen-bond donors (Lipinski definition) is 2. The van der Waals surface area contributed by atoms with Crippen molar-refractivity contribution in [2.45, 2.75) is 91.5 Å². The number of rotatable bonds is 13. The molecule has 184 valence electrons. The summed E-state index contributed by atoms with van der Waals surface area (Å²) in [5, 5.41) is 2.73. The standard InChI is InChI=1S/C24H42N2O5S/c1-11-17(5)18(19(27)22(29)31-10)25-21(28)20(26-32(30)23(6,7)8)24(9,12-2)15-13-14-16(3)4/h12,14,17-18,20,26H,2,11,13,15H2,1,3-10H3,(H,25,28)/t17?,18-,20+,24-,32?/m0/s1. The molecular formula is C24H42N2O5S. The lowest BCUT2D eigenvalue weighted by Gasteiger charge is -2.37. The third-order valence-electron chi connectivity index (χ3n) is 5.58. The van der Waals surface area contributed by atoms with E-state index >= 15 is 0 Å². The van der Waals surface area contributed by atoms with Crippen molar-refractivity contribution in [2.24, 2.45) is 11.3 Å². The van der Waals surface area contributed by atoms with E-state index in [9.17, 15) is 18.9 Å². The summed E-state index contributed by atoms with van der Waals surface area (Å²) in [5.74, 6) is -2.62. The molecular weight excluding hydrogens is 428 g/mol. The van der Waals surface area contributed by atoms with Gasteiger partial charge in [0.05, 0.1) is 7.11 Å². The minimum Gasteiger partial charge on any atom is -0.598 e. The molecule has 0 rings (SSSR count). The van der Waals surface area contributed by atoms with Crippen molar-refractivity contribution in [1.82, 2.24) is 10.0 Å². The van der Waals surface area contributed by atoms with Gasteiger partial charge in [0.15, 0.2) is 0 Å². The number of nitrogens with one attached hydrogen (secondary N) is 2. The van der Waals surface area contributed by atoms with Crippen LogP contribution in [0.4, 0.5) is 0 Å². The van der Waals surface area contributed by atoms with Crippen LogP contribution in [0.25, 0.3) is 0 Å². The second kappa shape index (κ2) is 13.2. The predicted molar refractivity (Wildman–Crippen MR) is 130 cm³/mol. The fraction of sp³-hybridized carbons (Fsp3) is 0.708. The molecule has 0 aromatic rings. The third kappa shape index (κ3) is 9.08. The van der Waals surface area contributed by atoms with Gasteiger partial charge in [-0.05, 0) is 53.4 Å². The number of methoxy groups -OCH3 is 1. The first kappa shape index (κ1) is 30.4. The zero-order valence-corrected chi connectivity index (χ0v) is 22.0. The van der Waals surface area contributed by atoms with Gasteiger partial charge in [-0.1, -0.05) is 44.9 Å². The van der Waals surface area contributed by atoms with Crippen LogP contribution in [0.3, 0.4) is 0 Å². The van der Waals surface area contributed by atoms with Crippen molar-refractivity contribution in [3.8, 4) is 0 Å². The first-order chi connectivity index (χ1) is 14.6. The van der Waals surface area contributed by atoms with Gasteiger partial charge in [0.25, 0.3) is 5.78 Å². The summed E-state index contributed by atoms with van der Waals surface area (Å²) in [6.45, 7) is 18.9. The van der Waals surface area contributed by atoms with Gasteiger partial charge in [0.2, 0.25) is 5.91 Å². The van der Waals surface area contributed by atoms with Gasteiger partial charge < -0.3 is 14.6 Å². The lowest BCUT2D eigenvalue weighted by molar-refractivity contribution is -0.153. The molecule has 0 saturated carbocycles. The number of carbonyl (C=O) groups is 3. The van der Waals surface area contributed by atoms with Crippen LogP contribution in [-0.4, -0.2) is 46.2 Å². The van der Waals surface area contributed by atoms with Crippen molar-refractivity contribution >= 4 is 29.0 Å². The summed E-state index contributed by atoms with van der Waals surface area (Å²) >= 11 is -1.55. The Bertz CT molecular complexity index is 697. The molecule has 0 saturated heterocycles. The SMILES string of the molecule is C=C[C@@](C)(CCC=C(C)C)[C@H](N[S+]([O-])C(C)(C)C)C(=O)N[C@H](C(=O)C(=O)OC)C(C)CC. The molecule has 0 aliphatic carbocycles. The number of carbonyl (C=O) groups excluding carboxylic acids is 3. The average molecular weight is 471 g/mol. The number of ether oxygens (including phenoxy) is 1. The van der Waals surface area contributed by atoms with Crippen molar-refractivity contribution in [3.63, 3.8) is 0 Å². The quantitative estimate of drug-likeness (QED) is 0.184. The van der Waals surface area contributed by atoms with Crippen LogP contribution >= 0.6 is 0 Å². The highest BCUT2D eigenvalue weighted by atomic mass is 32.2. The zero-order chi connectivity index (χ0) is 25.3. The maximum atomic E-state index is 13.5. The van der Waals surface area contributed by atoms with Gasteiger partial charge in [-0.25, -0.2) is 4.79 Å². The van der Waals surface area contributed by atoms with E-state index in [0.29, 0.717) is 19.3 Å². The lowest BCUT2D eigenvalue weighted by Crippen LogP contribution is -2.60. The minimum atomic E-state index is -1.55. The fourth-order valence-electron chi connectivity index (χ4n) is 2.97. The summed E-state index contributed by atoms with van der Waals surface area (Å²) in [5.41, 5.74) is 0.398. The van der Waals surface area contributed by atoms with Crippen LogP contribution in [-0.2, 0) is 30.5 Å². The van der Waals surface area contributed by atoms with E-state index in [1.807, 2.05) is 48.5 Å². The Morgan fingerprint density at radius 3 is 2.16 bits per heavy atom. The minimum absolute atomic E-state index is 0.292. The summed E-state index contributed by atoms with van der Waals surface area (Å²) < 4.78 is 19.9. The Morgan fingerprint density at radius 2 is 1.75 bits per heavy atom. The van der Waals surface area contributed by atoms with Crippen molar-refractivity contribution < 1.29 is 23.7 Å². The molecule has 1 amide bonds. The average Bonchev–Trinajstić information content (AvgIpc) is 2.72. The summed E-state index contributed by atoms with van der Waals surface area (Å²) in [6.07, 6.45) is 5.60. The molecule has 0 aliphatic rings. The smallest absolute Gasteiger partial charge is 0.376 e. The Balaban J connectivity index is 6.11. The molecule has 0 aromatic carbocycles. The molecule has 0 heterocycles. The van der Waals surface area contributed by atoms with Crippen LogP contribution in [0.1, 0.15) is 74.7 Å². The highest BCUT2D eigenvalue weighted by Crippen LogP contribution is 2.32. The van der Waals surface area contributed by atoms with Gasteiger partial charge in [0.1, 0.15) is 16.8 Å². The van der Waals surface area contributed by atoms with Crippen LogP contribution in [0, 0.1) is 11.3 Å². The largest absolute Gasteiger partial charge is 0.598 e. The van der Waals surface area contributed by atoms with Crippen molar-refractivity contribution in [3.05, 3.63) is 24.3 Å². The Labute approximate surface area is 197 Å².